The van der Waals surface area contributed by atoms with Crippen molar-refractivity contribution in [2.24, 2.45) is 0 Å². The first-order chi connectivity index (χ1) is 14.4. The number of aryl methyl sites for hydroxylation is 2. The van der Waals surface area contributed by atoms with E-state index in [1.54, 1.807) is 12.1 Å². The number of halogens is 1. The number of aromatic nitrogens is 2. The molecule has 4 rings (SSSR count). The van der Waals surface area contributed by atoms with Crippen LogP contribution in [0.5, 0.6) is 0 Å². The lowest BCUT2D eigenvalue weighted by atomic mass is 9.89. The Hall–Kier alpha value is -3.26. The van der Waals surface area contributed by atoms with Gasteiger partial charge in [0, 0.05) is 34.1 Å². The van der Waals surface area contributed by atoms with E-state index in [2.05, 4.69) is 20.6 Å². The molecule has 0 fully saturated rings. The molecule has 0 bridgehead atoms. The highest BCUT2D eigenvalue weighted by atomic mass is 32.2. The van der Waals surface area contributed by atoms with Crippen LogP contribution in [-0.2, 0) is 9.59 Å². The molecule has 6 nitrogen and oxygen atoms in total. The van der Waals surface area contributed by atoms with E-state index in [-0.39, 0.29) is 18.2 Å². The normalized spacial score (nSPS) is 15.3. The van der Waals surface area contributed by atoms with E-state index in [1.807, 2.05) is 32.0 Å². The first-order valence-electron chi connectivity index (χ1n) is 9.38. The van der Waals surface area contributed by atoms with Crippen LogP contribution < -0.4 is 10.6 Å². The van der Waals surface area contributed by atoms with Crippen LogP contribution in [0.1, 0.15) is 29.3 Å². The van der Waals surface area contributed by atoms with Gasteiger partial charge < -0.3 is 10.6 Å². The van der Waals surface area contributed by atoms with Crippen LogP contribution in [0.2, 0.25) is 0 Å². The minimum Gasteiger partial charge on any atom is -0.326 e. The summed E-state index contributed by atoms with van der Waals surface area (Å²) >= 11 is 1.44. The van der Waals surface area contributed by atoms with Crippen LogP contribution in [0.15, 0.2) is 58.6 Å². The molecule has 1 aromatic heterocycles. The maximum absolute atomic E-state index is 13.5. The summed E-state index contributed by atoms with van der Waals surface area (Å²) in [5, 5.41) is 6.13. The van der Waals surface area contributed by atoms with E-state index in [0.717, 1.165) is 16.3 Å². The van der Waals surface area contributed by atoms with Gasteiger partial charge in [-0.05, 0) is 73.6 Å². The Morgan fingerprint density at radius 2 is 1.80 bits per heavy atom. The van der Waals surface area contributed by atoms with Gasteiger partial charge in [0.25, 0.3) is 0 Å². The fraction of sp³-hybridized carbons (Fsp3) is 0.182. The van der Waals surface area contributed by atoms with E-state index in [0.29, 0.717) is 22.1 Å². The number of hydrogen-bond acceptors (Lipinski definition) is 5. The van der Waals surface area contributed by atoms with Crippen molar-refractivity contribution >= 4 is 35.0 Å². The smallest absolute Gasteiger partial charge is 0.232 e. The van der Waals surface area contributed by atoms with Gasteiger partial charge in [-0.2, -0.15) is 0 Å². The van der Waals surface area contributed by atoms with Crippen molar-refractivity contribution in [3.8, 4) is 0 Å². The van der Waals surface area contributed by atoms with Crippen LogP contribution in [0.25, 0.3) is 0 Å². The summed E-state index contributed by atoms with van der Waals surface area (Å²) in [6.45, 7) is 3.85. The molecule has 1 atom stereocenters. The topological polar surface area (TPSA) is 84.0 Å². The third-order valence-electron chi connectivity index (χ3n) is 4.66. The van der Waals surface area contributed by atoms with Crippen LogP contribution in [-0.4, -0.2) is 21.8 Å². The second kappa shape index (κ2) is 8.23. The Labute approximate surface area is 177 Å². The summed E-state index contributed by atoms with van der Waals surface area (Å²) in [4.78, 5) is 34.5. The third-order valence-corrected chi connectivity index (χ3v) is 5.54. The van der Waals surface area contributed by atoms with Crippen LogP contribution in [0.3, 0.4) is 0 Å². The molecule has 0 saturated heterocycles. The number of anilines is 2. The van der Waals surface area contributed by atoms with E-state index in [9.17, 15) is 14.0 Å². The molecule has 0 unspecified atom stereocenters. The number of amides is 2. The summed E-state index contributed by atoms with van der Waals surface area (Å²) in [6.07, 6.45) is 0.0163. The quantitative estimate of drug-likeness (QED) is 0.607. The summed E-state index contributed by atoms with van der Waals surface area (Å²) in [5.74, 6) is -1.76. The predicted molar refractivity (Wildman–Crippen MR) is 113 cm³/mol. The number of carbonyl (C=O) groups is 2. The number of carbonyl (C=O) groups excluding carboxylic acids is 2. The van der Waals surface area contributed by atoms with Crippen molar-refractivity contribution in [3.05, 3.63) is 71.3 Å². The molecule has 2 amide bonds. The molecule has 8 heteroatoms. The molecule has 1 aliphatic rings. The van der Waals surface area contributed by atoms with Crippen molar-refractivity contribution in [1.29, 1.82) is 0 Å². The number of nitrogens with one attached hydrogen (secondary N) is 2. The SMILES string of the molecule is Cc1cc(C)nc(Sc2ccc(NC(=O)[C@@H]3CC(=O)Nc4cc(F)ccc43)cc2)n1. The lowest BCUT2D eigenvalue weighted by Gasteiger charge is -2.25. The number of benzene rings is 2. The zero-order valence-electron chi connectivity index (χ0n) is 16.4. The highest BCUT2D eigenvalue weighted by Gasteiger charge is 2.31. The van der Waals surface area contributed by atoms with Gasteiger partial charge in [0.05, 0.1) is 5.92 Å². The van der Waals surface area contributed by atoms with Crippen LogP contribution in [0.4, 0.5) is 15.8 Å². The third kappa shape index (κ3) is 4.49. The molecule has 2 aromatic carbocycles. The van der Waals surface area contributed by atoms with Gasteiger partial charge in [-0.15, -0.1) is 0 Å². The second-order valence-corrected chi connectivity index (χ2v) is 8.13. The molecular weight excluding hydrogens is 403 g/mol. The lowest BCUT2D eigenvalue weighted by molar-refractivity contribution is -0.123. The Bertz CT molecular complexity index is 1110. The van der Waals surface area contributed by atoms with Gasteiger partial charge in [-0.3, -0.25) is 9.59 Å². The standard InChI is InChI=1S/C22H19FN4O2S/c1-12-9-13(2)25-22(24-12)30-16-6-4-15(5-7-16)26-21(29)18-11-20(28)27-19-10-14(23)3-8-17(18)19/h3-10,18H,11H2,1-2H3,(H,26,29)(H,27,28)/t18-/m1/s1. The van der Waals surface area contributed by atoms with Crippen molar-refractivity contribution in [2.75, 3.05) is 10.6 Å². The van der Waals surface area contributed by atoms with Crippen molar-refractivity contribution in [2.45, 2.75) is 36.2 Å². The summed E-state index contributed by atoms with van der Waals surface area (Å²) in [6, 6.07) is 13.3. The van der Waals surface area contributed by atoms with Gasteiger partial charge in [0.15, 0.2) is 5.16 Å². The molecule has 152 valence electrons. The Balaban J connectivity index is 1.47. The summed E-state index contributed by atoms with van der Waals surface area (Å²) in [7, 11) is 0. The second-order valence-electron chi connectivity index (χ2n) is 7.09. The molecule has 0 spiro atoms. The van der Waals surface area contributed by atoms with Crippen molar-refractivity contribution in [3.63, 3.8) is 0 Å². The molecule has 0 radical (unpaired) electrons. The van der Waals surface area contributed by atoms with Gasteiger partial charge in [0.1, 0.15) is 5.82 Å². The molecule has 3 aromatic rings. The van der Waals surface area contributed by atoms with Gasteiger partial charge in [-0.1, -0.05) is 6.07 Å². The minimum absolute atomic E-state index is 0.0163. The Morgan fingerprint density at radius 1 is 1.10 bits per heavy atom. The average molecular weight is 422 g/mol. The fourth-order valence-electron chi connectivity index (χ4n) is 3.35. The average Bonchev–Trinajstić information content (AvgIpc) is 2.67. The molecule has 0 saturated carbocycles. The van der Waals surface area contributed by atoms with Crippen LogP contribution >= 0.6 is 11.8 Å². The minimum atomic E-state index is -0.674. The number of rotatable bonds is 4. The number of hydrogen-bond donors (Lipinski definition) is 2. The van der Waals surface area contributed by atoms with E-state index >= 15 is 0 Å². The zero-order valence-corrected chi connectivity index (χ0v) is 17.2. The van der Waals surface area contributed by atoms with E-state index in [1.165, 1.54) is 30.0 Å². The maximum atomic E-state index is 13.5. The lowest BCUT2D eigenvalue weighted by Crippen LogP contribution is -2.30. The number of nitrogens with zero attached hydrogens (tertiary/aromatic N) is 2. The molecule has 2 heterocycles. The first-order valence-corrected chi connectivity index (χ1v) is 10.2. The Kier molecular flexibility index (Phi) is 5.50. The monoisotopic (exact) mass is 422 g/mol. The zero-order chi connectivity index (χ0) is 21.3. The molecule has 0 aliphatic carbocycles. The van der Waals surface area contributed by atoms with Gasteiger partial charge in [-0.25, -0.2) is 14.4 Å². The molecule has 30 heavy (non-hydrogen) atoms. The van der Waals surface area contributed by atoms with Gasteiger partial charge in [0.2, 0.25) is 11.8 Å². The van der Waals surface area contributed by atoms with Crippen molar-refractivity contribution < 1.29 is 14.0 Å². The predicted octanol–water partition coefficient (Wildman–Crippen LogP) is 4.45. The van der Waals surface area contributed by atoms with Gasteiger partial charge >= 0.3 is 0 Å². The number of fused-ring (bicyclic) bond motifs is 1. The molecular formula is C22H19FN4O2S. The fourth-order valence-corrected chi connectivity index (χ4v) is 4.21. The molecule has 2 N–H and O–H groups in total. The van der Waals surface area contributed by atoms with Crippen molar-refractivity contribution in [1.82, 2.24) is 9.97 Å². The first kappa shape index (κ1) is 20.0. The molecule has 1 aliphatic heterocycles. The Morgan fingerprint density at radius 3 is 2.50 bits per heavy atom. The highest BCUT2D eigenvalue weighted by Crippen LogP contribution is 2.34. The summed E-state index contributed by atoms with van der Waals surface area (Å²) in [5.41, 5.74) is 3.37. The van der Waals surface area contributed by atoms with E-state index < -0.39 is 11.7 Å². The maximum Gasteiger partial charge on any atom is 0.232 e. The highest BCUT2D eigenvalue weighted by molar-refractivity contribution is 7.99. The van der Waals surface area contributed by atoms with Crippen LogP contribution in [0, 0.1) is 19.7 Å². The van der Waals surface area contributed by atoms with E-state index in [4.69, 9.17) is 0 Å². The summed E-state index contributed by atoms with van der Waals surface area (Å²) < 4.78 is 13.5. The largest absolute Gasteiger partial charge is 0.326 e.